The molecule has 2 rings (SSSR count). The van der Waals surface area contributed by atoms with Crippen LogP contribution in [0.1, 0.15) is 11.3 Å². The maximum absolute atomic E-state index is 12.6. The highest BCUT2D eigenvalue weighted by molar-refractivity contribution is 5.85. The Morgan fingerprint density at radius 3 is 2.56 bits per heavy atom. The molecule has 0 atom stereocenters. The minimum Gasteiger partial charge on any atom is -0.326 e. The first-order valence-electron chi connectivity index (χ1n) is 4.59. The van der Waals surface area contributed by atoms with Crippen LogP contribution in [-0.2, 0) is 6.18 Å². The molecule has 0 aliphatic rings. The number of rotatable bonds is 0. The number of nitrogens with one attached hydrogen (secondary N) is 1. The van der Waals surface area contributed by atoms with Gasteiger partial charge in [-0.2, -0.15) is 13.2 Å². The predicted molar refractivity (Wildman–Crippen MR) is 54.3 cm³/mol. The lowest BCUT2D eigenvalue weighted by molar-refractivity contribution is -0.136. The summed E-state index contributed by atoms with van der Waals surface area (Å²) in [6.07, 6.45) is -4.51. The first-order valence-corrected chi connectivity index (χ1v) is 4.59. The highest BCUT2D eigenvalue weighted by Crippen LogP contribution is 2.33. The number of aryl methyl sites for hydroxylation is 1. The summed E-state index contributed by atoms with van der Waals surface area (Å²) >= 11 is 0. The number of aromatic amines is 1. The van der Waals surface area contributed by atoms with E-state index >= 15 is 0 Å². The third-order valence-corrected chi connectivity index (χ3v) is 2.31. The first-order chi connectivity index (χ1) is 7.39. The molecule has 0 aliphatic heterocycles. The normalized spacial score (nSPS) is 12.0. The topological polar surface area (TPSA) is 32.9 Å². The Morgan fingerprint density at radius 2 is 1.94 bits per heavy atom. The predicted octanol–water partition coefficient (Wildman–Crippen LogP) is 2.86. The van der Waals surface area contributed by atoms with Crippen molar-refractivity contribution in [3.63, 3.8) is 0 Å². The summed E-state index contributed by atoms with van der Waals surface area (Å²) < 4.78 is 37.9. The second-order valence-electron chi connectivity index (χ2n) is 3.55. The summed E-state index contributed by atoms with van der Waals surface area (Å²) in [5.41, 5.74) is -1.06. The van der Waals surface area contributed by atoms with Gasteiger partial charge in [0.15, 0.2) is 0 Å². The summed E-state index contributed by atoms with van der Waals surface area (Å²) in [7, 11) is 0. The van der Waals surface area contributed by atoms with Gasteiger partial charge in [0.2, 0.25) is 0 Å². The molecular weight excluding hydrogens is 219 g/mol. The number of H-pyrrole nitrogens is 1. The smallest absolute Gasteiger partial charge is 0.326 e. The summed E-state index contributed by atoms with van der Waals surface area (Å²) in [6, 6.07) is 5.22. The van der Waals surface area contributed by atoms with Gasteiger partial charge in [-0.3, -0.25) is 4.79 Å². The largest absolute Gasteiger partial charge is 0.417 e. The summed E-state index contributed by atoms with van der Waals surface area (Å²) in [5, 5.41) is -0.00308. The molecule has 1 aromatic carbocycles. The van der Waals surface area contributed by atoms with E-state index in [1.807, 2.05) is 0 Å². The van der Waals surface area contributed by atoms with Crippen LogP contribution in [0.5, 0.6) is 0 Å². The molecule has 5 heteroatoms. The number of benzene rings is 1. The van der Waals surface area contributed by atoms with Crippen LogP contribution < -0.4 is 5.56 Å². The highest BCUT2D eigenvalue weighted by atomic mass is 19.4. The molecule has 2 aromatic rings. The van der Waals surface area contributed by atoms with E-state index in [9.17, 15) is 18.0 Å². The SMILES string of the molecule is Cc1cc2cccc(C(F)(F)F)c2c(=O)[nH]1. The van der Waals surface area contributed by atoms with Gasteiger partial charge in [0.1, 0.15) is 0 Å². The molecule has 16 heavy (non-hydrogen) atoms. The third kappa shape index (κ3) is 1.68. The van der Waals surface area contributed by atoms with Gasteiger partial charge >= 0.3 is 6.18 Å². The quantitative estimate of drug-likeness (QED) is 0.737. The second-order valence-corrected chi connectivity index (χ2v) is 3.55. The number of halogens is 3. The van der Waals surface area contributed by atoms with E-state index in [-0.39, 0.29) is 5.39 Å². The van der Waals surface area contributed by atoms with Crippen molar-refractivity contribution in [1.82, 2.24) is 4.98 Å². The summed E-state index contributed by atoms with van der Waals surface area (Å²) in [5.74, 6) is 0. The Kier molecular flexibility index (Phi) is 2.26. The second kappa shape index (κ2) is 3.37. The number of hydrogen-bond acceptors (Lipinski definition) is 1. The zero-order chi connectivity index (χ0) is 11.9. The molecule has 0 saturated carbocycles. The van der Waals surface area contributed by atoms with E-state index in [1.165, 1.54) is 18.2 Å². The van der Waals surface area contributed by atoms with Crippen LogP contribution in [0.15, 0.2) is 29.1 Å². The van der Waals surface area contributed by atoms with Crippen LogP contribution in [0, 0.1) is 6.92 Å². The maximum atomic E-state index is 12.6. The van der Waals surface area contributed by atoms with E-state index in [2.05, 4.69) is 4.98 Å². The number of aromatic nitrogens is 1. The van der Waals surface area contributed by atoms with Crippen molar-refractivity contribution in [2.75, 3.05) is 0 Å². The van der Waals surface area contributed by atoms with Crippen LogP contribution in [0.2, 0.25) is 0 Å². The van der Waals surface area contributed by atoms with Crippen molar-refractivity contribution >= 4 is 10.8 Å². The van der Waals surface area contributed by atoms with E-state index in [1.54, 1.807) is 6.92 Å². The lowest BCUT2D eigenvalue weighted by Crippen LogP contribution is -2.14. The molecule has 1 heterocycles. The molecule has 0 amide bonds. The molecule has 0 fully saturated rings. The van der Waals surface area contributed by atoms with Crippen molar-refractivity contribution in [1.29, 1.82) is 0 Å². The van der Waals surface area contributed by atoms with Gasteiger partial charge < -0.3 is 4.98 Å². The fraction of sp³-hybridized carbons (Fsp3) is 0.182. The molecule has 0 spiro atoms. The molecule has 0 aliphatic carbocycles. The van der Waals surface area contributed by atoms with Gasteiger partial charge in [0.25, 0.3) is 5.56 Å². The zero-order valence-corrected chi connectivity index (χ0v) is 8.35. The van der Waals surface area contributed by atoms with Gasteiger partial charge in [-0.05, 0) is 24.4 Å². The van der Waals surface area contributed by atoms with E-state index < -0.39 is 17.3 Å². The lowest BCUT2D eigenvalue weighted by Gasteiger charge is -2.09. The molecule has 0 radical (unpaired) electrons. The Morgan fingerprint density at radius 1 is 1.25 bits per heavy atom. The number of fused-ring (bicyclic) bond motifs is 1. The number of alkyl halides is 3. The molecule has 0 saturated heterocycles. The van der Waals surface area contributed by atoms with Gasteiger partial charge in [-0.25, -0.2) is 0 Å². The van der Waals surface area contributed by atoms with Gasteiger partial charge in [-0.1, -0.05) is 12.1 Å². The van der Waals surface area contributed by atoms with Crippen molar-refractivity contribution < 1.29 is 13.2 Å². The Balaban J connectivity index is 2.93. The molecule has 0 unspecified atom stereocenters. The first kappa shape index (κ1) is 10.7. The highest BCUT2D eigenvalue weighted by Gasteiger charge is 2.33. The number of hydrogen-bond donors (Lipinski definition) is 1. The Labute approximate surface area is 88.7 Å². The van der Waals surface area contributed by atoms with Crippen molar-refractivity contribution in [2.24, 2.45) is 0 Å². The van der Waals surface area contributed by atoms with Crippen LogP contribution in [0.4, 0.5) is 13.2 Å². The fourth-order valence-electron chi connectivity index (χ4n) is 1.69. The average molecular weight is 227 g/mol. The van der Waals surface area contributed by atoms with Crippen LogP contribution in [0.3, 0.4) is 0 Å². The fourth-order valence-corrected chi connectivity index (χ4v) is 1.69. The van der Waals surface area contributed by atoms with Crippen molar-refractivity contribution in [3.8, 4) is 0 Å². The molecule has 84 valence electrons. The maximum Gasteiger partial charge on any atom is 0.417 e. The minimum absolute atomic E-state index is 0.302. The zero-order valence-electron chi connectivity index (χ0n) is 8.35. The monoisotopic (exact) mass is 227 g/mol. The van der Waals surface area contributed by atoms with Crippen LogP contribution >= 0.6 is 0 Å². The number of pyridine rings is 1. The van der Waals surface area contributed by atoms with Crippen molar-refractivity contribution in [3.05, 3.63) is 45.9 Å². The van der Waals surface area contributed by atoms with Gasteiger partial charge in [0.05, 0.1) is 10.9 Å². The van der Waals surface area contributed by atoms with E-state index in [0.29, 0.717) is 11.1 Å². The molecular formula is C11H8F3NO. The Hall–Kier alpha value is -1.78. The molecule has 1 N–H and O–H groups in total. The standard InChI is InChI=1S/C11H8F3NO/c1-6-5-7-3-2-4-8(11(12,13)14)9(7)10(16)15-6/h2-5H,1H3,(H,15,16). The molecule has 2 nitrogen and oxygen atoms in total. The third-order valence-electron chi connectivity index (χ3n) is 2.31. The molecule has 0 bridgehead atoms. The summed E-state index contributed by atoms with van der Waals surface area (Å²) in [4.78, 5) is 13.9. The van der Waals surface area contributed by atoms with Crippen molar-refractivity contribution in [2.45, 2.75) is 13.1 Å². The van der Waals surface area contributed by atoms with E-state index in [0.717, 1.165) is 6.07 Å². The van der Waals surface area contributed by atoms with Gasteiger partial charge in [0, 0.05) is 5.69 Å². The Bertz CT molecular complexity index is 598. The minimum atomic E-state index is -4.51. The molecule has 1 aromatic heterocycles. The summed E-state index contributed by atoms with van der Waals surface area (Å²) in [6.45, 7) is 1.63. The average Bonchev–Trinajstić information content (AvgIpc) is 2.14. The van der Waals surface area contributed by atoms with Crippen LogP contribution in [-0.4, -0.2) is 4.98 Å². The van der Waals surface area contributed by atoms with E-state index in [4.69, 9.17) is 0 Å². The lowest BCUT2D eigenvalue weighted by atomic mass is 10.1. The van der Waals surface area contributed by atoms with Crippen LogP contribution in [0.25, 0.3) is 10.8 Å². The van der Waals surface area contributed by atoms with Gasteiger partial charge in [-0.15, -0.1) is 0 Å².